The molecule has 0 bridgehead atoms. The van der Waals surface area contributed by atoms with Gasteiger partial charge in [-0.3, -0.25) is 0 Å². The van der Waals surface area contributed by atoms with Gasteiger partial charge >= 0.3 is 0 Å². The Kier molecular flexibility index (Phi) is 4.62. The Morgan fingerprint density at radius 1 is 1.45 bits per heavy atom. The molecule has 20 heavy (non-hydrogen) atoms. The van der Waals surface area contributed by atoms with Gasteiger partial charge in [0.25, 0.3) is 0 Å². The molecule has 0 amide bonds. The van der Waals surface area contributed by atoms with E-state index in [9.17, 15) is 8.42 Å². The fourth-order valence-electron chi connectivity index (χ4n) is 2.23. The maximum atomic E-state index is 12.6. The summed E-state index contributed by atoms with van der Waals surface area (Å²) in [5, 5.41) is 3.04. The van der Waals surface area contributed by atoms with Gasteiger partial charge in [0.1, 0.15) is 5.82 Å². The van der Waals surface area contributed by atoms with Crippen LogP contribution in [0.3, 0.4) is 0 Å². The van der Waals surface area contributed by atoms with Crippen molar-refractivity contribution in [3.05, 3.63) is 18.3 Å². The molecule has 2 rings (SSSR count). The summed E-state index contributed by atoms with van der Waals surface area (Å²) in [6, 6.07) is 3.38. The second-order valence-electron chi connectivity index (χ2n) is 5.10. The number of nitrogens with zero attached hydrogens (tertiary/aromatic N) is 3. The monoisotopic (exact) mass is 298 g/mol. The first-order chi connectivity index (χ1) is 9.45. The van der Waals surface area contributed by atoms with Crippen LogP contribution in [0.4, 0.5) is 5.82 Å². The van der Waals surface area contributed by atoms with Crippen molar-refractivity contribution < 1.29 is 8.42 Å². The normalized spacial score (nSPS) is 21.9. The number of pyridine rings is 1. The number of sulfonamides is 1. The van der Waals surface area contributed by atoms with Crippen LogP contribution in [0.2, 0.25) is 0 Å². The van der Waals surface area contributed by atoms with Crippen molar-refractivity contribution in [3.63, 3.8) is 0 Å². The van der Waals surface area contributed by atoms with Crippen molar-refractivity contribution in [2.45, 2.75) is 24.8 Å². The minimum Gasteiger partial charge on any atom is -0.370 e. The summed E-state index contributed by atoms with van der Waals surface area (Å²) < 4.78 is 26.9. The highest BCUT2D eigenvalue weighted by Gasteiger charge is 2.30. The molecule has 1 N–H and O–H groups in total. The van der Waals surface area contributed by atoms with E-state index in [1.807, 2.05) is 20.9 Å². The van der Waals surface area contributed by atoms with E-state index in [-0.39, 0.29) is 6.04 Å². The van der Waals surface area contributed by atoms with Gasteiger partial charge in [-0.2, -0.15) is 4.31 Å². The van der Waals surface area contributed by atoms with Crippen LogP contribution in [-0.2, 0) is 10.0 Å². The summed E-state index contributed by atoms with van der Waals surface area (Å²) in [5.41, 5.74) is 0. The number of aromatic nitrogens is 1. The Bertz CT molecular complexity index is 561. The molecule has 0 spiro atoms. The highest BCUT2D eigenvalue weighted by molar-refractivity contribution is 7.89. The Morgan fingerprint density at radius 3 is 2.85 bits per heavy atom. The van der Waals surface area contributed by atoms with Crippen LogP contribution < -0.4 is 5.32 Å². The molecule has 0 aromatic carbocycles. The van der Waals surface area contributed by atoms with Gasteiger partial charge < -0.3 is 10.2 Å². The topological polar surface area (TPSA) is 65.5 Å². The van der Waals surface area contributed by atoms with Crippen LogP contribution in [0, 0.1) is 0 Å². The van der Waals surface area contributed by atoms with Gasteiger partial charge in [-0.05, 0) is 27.0 Å². The molecule has 1 aliphatic heterocycles. The average Bonchev–Trinajstić information content (AvgIpc) is 2.42. The smallest absolute Gasteiger partial charge is 0.243 e. The molecule has 2 heterocycles. The van der Waals surface area contributed by atoms with Gasteiger partial charge in [-0.25, -0.2) is 13.4 Å². The molecular formula is C13H22N4O2S. The lowest BCUT2D eigenvalue weighted by atomic mass is 10.2. The van der Waals surface area contributed by atoms with Gasteiger partial charge in [0.15, 0.2) is 0 Å². The number of hydrogen-bond donors (Lipinski definition) is 1. The van der Waals surface area contributed by atoms with Crippen molar-refractivity contribution in [1.82, 2.24) is 14.2 Å². The van der Waals surface area contributed by atoms with E-state index in [2.05, 4.69) is 15.2 Å². The van der Waals surface area contributed by atoms with Crippen LogP contribution in [0.15, 0.2) is 23.2 Å². The zero-order valence-electron chi connectivity index (χ0n) is 12.2. The summed E-state index contributed by atoms with van der Waals surface area (Å²) in [6.45, 7) is 6.51. The summed E-state index contributed by atoms with van der Waals surface area (Å²) in [6.07, 6.45) is 1.53. The van der Waals surface area contributed by atoms with Crippen molar-refractivity contribution in [2.24, 2.45) is 0 Å². The molecule has 7 heteroatoms. The van der Waals surface area contributed by atoms with E-state index in [0.717, 1.165) is 6.54 Å². The Balaban J connectivity index is 2.24. The van der Waals surface area contributed by atoms with Crippen molar-refractivity contribution in [2.75, 3.05) is 38.5 Å². The largest absolute Gasteiger partial charge is 0.370 e. The molecule has 112 valence electrons. The van der Waals surface area contributed by atoms with Gasteiger partial charge in [0, 0.05) is 44.5 Å². The van der Waals surface area contributed by atoms with E-state index >= 15 is 0 Å². The molecular weight excluding hydrogens is 276 g/mol. The summed E-state index contributed by atoms with van der Waals surface area (Å²) in [7, 11) is -1.41. The zero-order chi connectivity index (χ0) is 14.8. The quantitative estimate of drug-likeness (QED) is 0.892. The van der Waals surface area contributed by atoms with E-state index in [1.54, 1.807) is 16.4 Å². The Morgan fingerprint density at radius 2 is 2.20 bits per heavy atom. The SMILES string of the molecule is CCNc1cc(S(=O)(=O)N2CCN(C)C(C)C2)ccn1. The predicted octanol–water partition coefficient (Wildman–Crippen LogP) is 0.838. The number of hydrogen-bond acceptors (Lipinski definition) is 5. The molecule has 0 saturated carbocycles. The summed E-state index contributed by atoms with van der Waals surface area (Å²) in [4.78, 5) is 6.59. The zero-order valence-corrected chi connectivity index (χ0v) is 13.0. The Labute approximate surface area is 120 Å². The fourth-order valence-corrected chi connectivity index (χ4v) is 3.76. The first-order valence-corrected chi connectivity index (χ1v) is 8.29. The number of likely N-dealkylation sites (N-methyl/N-ethyl adjacent to an activating group) is 1. The van der Waals surface area contributed by atoms with E-state index in [1.165, 1.54) is 6.20 Å². The van der Waals surface area contributed by atoms with Crippen molar-refractivity contribution in [1.29, 1.82) is 0 Å². The first kappa shape index (κ1) is 15.2. The third-order valence-electron chi connectivity index (χ3n) is 3.65. The lowest BCUT2D eigenvalue weighted by Gasteiger charge is -2.36. The van der Waals surface area contributed by atoms with Gasteiger partial charge in [-0.1, -0.05) is 0 Å². The van der Waals surface area contributed by atoms with Crippen LogP contribution >= 0.6 is 0 Å². The maximum absolute atomic E-state index is 12.6. The second kappa shape index (κ2) is 6.07. The molecule has 1 saturated heterocycles. The van der Waals surface area contributed by atoms with E-state index in [0.29, 0.717) is 30.3 Å². The molecule has 1 fully saturated rings. The lowest BCUT2D eigenvalue weighted by molar-refractivity contribution is 0.159. The first-order valence-electron chi connectivity index (χ1n) is 6.85. The molecule has 1 aromatic heterocycles. The van der Waals surface area contributed by atoms with E-state index < -0.39 is 10.0 Å². The van der Waals surface area contributed by atoms with Crippen molar-refractivity contribution in [3.8, 4) is 0 Å². The van der Waals surface area contributed by atoms with Crippen LogP contribution in [0.5, 0.6) is 0 Å². The Hall–Kier alpha value is -1.18. The molecule has 1 aliphatic rings. The number of nitrogens with one attached hydrogen (secondary N) is 1. The van der Waals surface area contributed by atoms with Gasteiger partial charge in [0.05, 0.1) is 4.90 Å². The van der Waals surface area contributed by atoms with Crippen LogP contribution in [0.1, 0.15) is 13.8 Å². The predicted molar refractivity (Wildman–Crippen MR) is 79.3 cm³/mol. The maximum Gasteiger partial charge on any atom is 0.243 e. The molecule has 1 atom stereocenters. The minimum atomic E-state index is -3.43. The third-order valence-corrected chi connectivity index (χ3v) is 5.51. The summed E-state index contributed by atoms with van der Waals surface area (Å²) in [5.74, 6) is 0.593. The highest BCUT2D eigenvalue weighted by Crippen LogP contribution is 2.20. The average molecular weight is 298 g/mol. The van der Waals surface area contributed by atoms with E-state index in [4.69, 9.17) is 0 Å². The van der Waals surface area contributed by atoms with Crippen LogP contribution in [-0.4, -0.2) is 61.9 Å². The third kappa shape index (κ3) is 3.11. The molecule has 1 unspecified atom stereocenters. The minimum absolute atomic E-state index is 0.230. The number of rotatable bonds is 4. The number of anilines is 1. The van der Waals surface area contributed by atoms with Gasteiger partial charge in [-0.15, -0.1) is 0 Å². The van der Waals surface area contributed by atoms with Gasteiger partial charge in [0.2, 0.25) is 10.0 Å². The molecule has 0 radical (unpaired) electrons. The van der Waals surface area contributed by atoms with Crippen molar-refractivity contribution >= 4 is 15.8 Å². The second-order valence-corrected chi connectivity index (χ2v) is 7.04. The summed E-state index contributed by atoms with van der Waals surface area (Å²) >= 11 is 0. The molecule has 6 nitrogen and oxygen atoms in total. The molecule has 1 aromatic rings. The number of piperazine rings is 1. The molecule has 0 aliphatic carbocycles. The highest BCUT2D eigenvalue weighted by atomic mass is 32.2. The van der Waals surface area contributed by atoms with Crippen LogP contribution in [0.25, 0.3) is 0 Å². The fraction of sp³-hybridized carbons (Fsp3) is 0.615. The lowest BCUT2D eigenvalue weighted by Crippen LogP contribution is -2.51. The standard InChI is InChI=1S/C13H22N4O2S/c1-4-14-13-9-12(5-6-15-13)20(18,19)17-8-7-16(3)11(2)10-17/h5-6,9,11H,4,7-8,10H2,1-3H3,(H,14,15).